The lowest BCUT2D eigenvalue weighted by molar-refractivity contribution is -0.138. The molecule has 2 rings (SSSR count). The van der Waals surface area contributed by atoms with Gasteiger partial charge in [0.1, 0.15) is 6.04 Å². The van der Waals surface area contributed by atoms with Crippen LogP contribution in [0.15, 0.2) is 42.5 Å². The Morgan fingerprint density at radius 2 is 1.68 bits per heavy atom. The number of rotatable bonds is 10. The number of hydrogen-bond donors (Lipinski definition) is 1. The third-order valence-corrected chi connectivity index (χ3v) is 6.66. The molecule has 31 heavy (non-hydrogen) atoms. The SMILES string of the molecule is Cc1ccccc1CSCC(=O)N(Cc1c(Cl)cccc1Cl)[C@@H](C)C(=O)NCC(C)C. The summed E-state index contributed by atoms with van der Waals surface area (Å²) < 4.78 is 0. The summed E-state index contributed by atoms with van der Waals surface area (Å²) in [7, 11) is 0. The molecule has 7 heteroatoms. The third-order valence-electron chi connectivity index (χ3n) is 4.99. The number of halogens is 2. The molecule has 0 saturated heterocycles. The summed E-state index contributed by atoms with van der Waals surface area (Å²) in [6.45, 7) is 8.59. The van der Waals surface area contributed by atoms with E-state index in [-0.39, 0.29) is 24.1 Å². The molecular formula is C24H30Cl2N2O2S. The molecule has 2 aromatic carbocycles. The van der Waals surface area contributed by atoms with Crippen LogP contribution in [-0.4, -0.2) is 35.1 Å². The molecule has 0 saturated carbocycles. The first-order chi connectivity index (χ1) is 14.7. The maximum absolute atomic E-state index is 13.2. The van der Waals surface area contributed by atoms with Crippen LogP contribution in [0.4, 0.5) is 0 Å². The van der Waals surface area contributed by atoms with Gasteiger partial charge < -0.3 is 10.2 Å². The number of benzene rings is 2. The third kappa shape index (κ3) is 7.74. The molecular weight excluding hydrogens is 451 g/mol. The fourth-order valence-electron chi connectivity index (χ4n) is 2.99. The molecule has 168 valence electrons. The minimum absolute atomic E-state index is 0.123. The van der Waals surface area contributed by atoms with Gasteiger partial charge in [-0.3, -0.25) is 9.59 Å². The van der Waals surface area contributed by atoms with Crippen LogP contribution >= 0.6 is 35.0 Å². The first-order valence-corrected chi connectivity index (χ1v) is 12.2. The van der Waals surface area contributed by atoms with E-state index >= 15 is 0 Å². The highest BCUT2D eigenvalue weighted by molar-refractivity contribution is 7.99. The molecule has 0 heterocycles. The molecule has 4 nitrogen and oxygen atoms in total. The number of nitrogens with zero attached hydrogens (tertiary/aromatic N) is 1. The minimum Gasteiger partial charge on any atom is -0.354 e. The highest BCUT2D eigenvalue weighted by Crippen LogP contribution is 2.27. The lowest BCUT2D eigenvalue weighted by Gasteiger charge is -2.29. The largest absolute Gasteiger partial charge is 0.354 e. The number of thioether (sulfide) groups is 1. The summed E-state index contributed by atoms with van der Waals surface area (Å²) in [5.41, 5.74) is 3.04. The quantitative estimate of drug-likeness (QED) is 0.472. The van der Waals surface area contributed by atoms with Crippen LogP contribution in [0.5, 0.6) is 0 Å². The minimum atomic E-state index is -0.641. The molecule has 2 amide bonds. The summed E-state index contributed by atoms with van der Waals surface area (Å²) in [5, 5.41) is 3.87. The van der Waals surface area contributed by atoms with Gasteiger partial charge in [0, 0.05) is 34.5 Å². The Hall–Kier alpha value is -1.69. The molecule has 0 aliphatic carbocycles. The molecule has 2 aromatic rings. The Balaban J connectivity index is 2.14. The van der Waals surface area contributed by atoms with Crippen molar-refractivity contribution in [1.82, 2.24) is 10.2 Å². The number of carbonyl (C=O) groups is 2. The second-order valence-electron chi connectivity index (χ2n) is 7.96. The van der Waals surface area contributed by atoms with E-state index in [1.165, 1.54) is 22.9 Å². The van der Waals surface area contributed by atoms with Crippen LogP contribution in [0.1, 0.15) is 37.5 Å². The van der Waals surface area contributed by atoms with Crippen molar-refractivity contribution in [3.63, 3.8) is 0 Å². The number of aryl methyl sites for hydroxylation is 1. The van der Waals surface area contributed by atoms with Gasteiger partial charge in [0.2, 0.25) is 11.8 Å². The molecule has 0 radical (unpaired) electrons. The van der Waals surface area contributed by atoms with Crippen LogP contribution in [0.2, 0.25) is 10.0 Å². The van der Waals surface area contributed by atoms with E-state index in [1.807, 2.05) is 26.0 Å². The van der Waals surface area contributed by atoms with Gasteiger partial charge in [-0.05, 0) is 43.0 Å². The summed E-state index contributed by atoms with van der Waals surface area (Å²) in [6, 6.07) is 12.7. The zero-order valence-electron chi connectivity index (χ0n) is 18.5. The topological polar surface area (TPSA) is 49.4 Å². The number of amides is 2. The van der Waals surface area contributed by atoms with Gasteiger partial charge >= 0.3 is 0 Å². The number of hydrogen-bond acceptors (Lipinski definition) is 3. The monoisotopic (exact) mass is 480 g/mol. The van der Waals surface area contributed by atoms with Crippen molar-refractivity contribution in [2.75, 3.05) is 12.3 Å². The average molecular weight is 481 g/mol. The number of carbonyl (C=O) groups excluding carboxylic acids is 2. The van der Waals surface area contributed by atoms with Gasteiger partial charge in [-0.2, -0.15) is 0 Å². The highest BCUT2D eigenvalue weighted by Gasteiger charge is 2.27. The van der Waals surface area contributed by atoms with E-state index in [9.17, 15) is 9.59 Å². The van der Waals surface area contributed by atoms with Crippen molar-refractivity contribution in [3.05, 3.63) is 69.2 Å². The van der Waals surface area contributed by atoms with Gasteiger partial charge in [-0.1, -0.05) is 67.4 Å². The maximum atomic E-state index is 13.2. The molecule has 0 bridgehead atoms. The van der Waals surface area contributed by atoms with E-state index in [0.717, 1.165) is 5.75 Å². The fourth-order valence-corrected chi connectivity index (χ4v) is 4.50. The van der Waals surface area contributed by atoms with Crippen LogP contribution < -0.4 is 5.32 Å². The molecule has 0 fully saturated rings. The van der Waals surface area contributed by atoms with Gasteiger partial charge in [0.15, 0.2) is 0 Å². The Kier molecular flexibility index (Phi) is 10.2. The molecule has 0 aliphatic rings. The normalized spacial score (nSPS) is 12.0. The lowest BCUT2D eigenvalue weighted by atomic mass is 10.1. The molecule has 0 spiro atoms. The Labute approximate surface area is 199 Å². The Bertz CT molecular complexity index is 885. The zero-order chi connectivity index (χ0) is 23.0. The Morgan fingerprint density at radius 3 is 2.29 bits per heavy atom. The lowest BCUT2D eigenvalue weighted by Crippen LogP contribution is -2.48. The summed E-state index contributed by atoms with van der Waals surface area (Å²) in [4.78, 5) is 27.4. The van der Waals surface area contributed by atoms with Crippen LogP contribution in [0, 0.1) is 12.8 Å². The molecule has 1 N–H and O–H groups in total. The van der Waals surface area contributed by atoms with E-state index in [2.05, 4.69) is 24.4 Å². The first kappa shape index (κ1) is 25.6. The van der Waals surface area contributed by atoms with Crippen LogP contribution in [0.3, 0.4) is 0 Å². The highest BCUT2D eigenvalue weighted by atomic mass is 35.5. The first-order valence-electron chi connectivity index (χ1n) is 10.3. The van der Waals surface area contributed by atoms with E-state index in [1.54, 1.807) is 30.0 Å². The van der Waals surface area contributed by atoms with Crippen molar-refractivity contribution in [3.8, 4) is 0 Å². The predicted octanol–water partition coefficient (Wildman–Crippen LogP) is 5.72. The second-order valence-corrected chi connectivity index (χ2v) is 9.76. The predicted molar refractivity (Wildman–Crippen MR) is 132 cm³/mol. The smallest absolute Gasteiger partial charge is 0.242 e. The Morgan fingerprint density at radius 1 is 1.03 bits per heavy atom. The molecule has 0 aromatic heterocycles. The van der Waals surface area contributed by atoms with Crippen LogP contribution in [0.25, 0.3) is 0 Å². The summed E-state index contributed by atoms with van der Waals surface area (Å²) in [6.07, 6.45) is 0. The summed E-state index contributed by atoms with van der Waals surface area (Å²) in [5.74, 6) is 1.00. The average Bonchev–Trinajstić information content (AvgIpc) is 2.72. The molecule has 0 aliphatic heterocycles. The maximum Gasteiger partial charge on any atom is 0.242 e. The van der Waals surface area contributed by atoms with Crippen LogP contribution in [-0.2, 0) is 21.9 Å². The fraction of sp³-hybridized carbons (Fsp3) is 0.417. The van der Waals surface area contributed by atoms with E-state index in [4.69, 9.17) is 23.2 Å². The van der Waals surface area contributed by atoms with Gasteiger partial charge in [-0.15, -0.1) is 11.8 Å². The van der Waals surface area contributed by atoms with Crippen molar-refractivity contribution in [2.45, 2.75) is 46.0 Å². The van der Waals surface area contributed by atoms with E-state index < -0.39 is 6.04 Å². The van der Waals surface area contributed by atoms with E-state index in [0.29, 0.717) is 28.1 Å². The summed E-state index contributed by atoms with van der Waals surface area (Å²) >= 11 is 14.2. The van der Waals surface area contributed by atoms with Crippen molar-refractivity contribution in [2.24, 2.45) is 5.92 Å². The van der Waals surface area contributed by atoms with Gasteiger partial charge in [0.05, 0.1) is 5.75 Å². The number of nitrogens with one attached hydrogen (secondary N) is 1. The van der Waals surface area contributed by atoms with Crippen molar-refractivity contribution < 1.29 is 9.59 Å². The van der Waals surface area contributed by atoms with Crippen molar-refractivity contribution in [1.29, 1.82) is 0 Å². The van der Waals surface area contributed by atoms with Gasteiger partial charge in [0.25, 0.3) is 0 Å². The standard InChI is InChI=1S/C24H30Cl2N2O2S/c1-16(2)12-27-24(30)18(4)28(13-20-21(25)10-7-11-22(20)26)23(29)15-31-14-19-9-6-5-8-17(19)3/h5-11,16,18H,12-15H2,1-4H3,(H,27,30)/t18-/m0/s1. The van der Waals surface area contributed by atoms with Crippen molar-refractivity contribution >= 4 is 46.8 Å². The zero-order valence-corrected chi connectivity index (χ0v) is 20.8. The second kappa shape index (κ2) is 12.4. The molecule has 0 unspecified atom stereocenters. The van der Waals surface area contributed by atoms with Gasteiger partial charge in [-0.25, -0.2) is 0 Å². The molecule has 1 atom stereocenters.